The van der Waals surface area contributed by atoms with Gasteiger partial charge in [0.05, 0.1) is 11.8 Å². The minimum atomic E-state index is 0.355. The Labute approximate surface area is 120 Å². The summed E-state index contributed by atoms with van der Waals surface area (Å²) < 4.78 is 0. The minimum Gasteiger partial charge on any atom is -0.301 e. The summed E-state index contributed by atoms with van der Waals surface area (Å²) in [6.45, 7) is 0. The molecule has 3 heterocycles. The van der Waals surface area contributed by atoms with Crippen molar-refractivity contribution in [3.05, 3.63) is 57.8 Å². The van der Waals surface area contributed by atoms with Crippen molar-refractivity contribution in [1.82, 2.24) is 5.43 Å². The van der Waals surface area contributed by atoms with Crippen LogP contribution in [0.3, 0.4) is 0 Å². The van der Waals surface area contributed by atoms with E-state index < -0.39 is 0 Å². The molecular formula is C15H14N2S2. The SMILES string of the molecule is c1csc([C@@H]2NN=C3c4ccccc4CSC[C@H]32)c1. The van der Waals surface area contributed by atoms with E-state index in [0.29, 0.717) is 12.0 Å². The fraction of sp³-hybridized carbons (Fsp3) is 0.267. The van der Waals surface area contributed by atoms with Gasteiger partial charge in [-0.25, -0.2) is 0 Å². The van der Waals surface area contributed by atoms with Crippen molar-refractivity contribution in [3.8, 4) is 0 Å². The van der Waals surface area contributed by atoms with Gasteiger partial charge in [0.15, 0.2) is 0 Å². The van der Waals surface area contributed by atoms with E-state index in [2.05, 4.69) is 52.3 Å². The van der Waals surface area contributed by atoms with Crippen LogP contribution in [0.4, 0.5) is 0 Å². The van der Waals surface area contributed by atoms with Crippen molar-refractivity contribution in [1.29, 1.82) is 0 Å². The van der Waals surface area contributed by atoms with Crippen molar-refractivity contribution in [2.24, 2.45) is 11.0 Å². The zero-order chi connectivity index (χ0) is 12.7. The smallest absolute Gasteiger partial charge is 0.0874 e. The Morgan fingerprint density at radius 2 is 2.11 bits per heavy atom. The molecule has 2 aliphatic rings. The highest BCUT2D eigenvalue weighted by atomic mass is 32.2. The molecule has 2 aromatic rings. The molecule has 0 aliphatic carbocycles. The first-order valence-corrected chi connectivity index (χ1v) is 8.49. The van der Waals surface area contributed by atoms with Crippen molar-refractivity contribution in [2.75, 3.05) is 5.75 Å². The first-order valence-electron chi connectivity index (χ1n) is 6.46. The summed E-state index contributed by atoms with van der Waals surface area (Å²) in [7, 11) is 0. The summed E-state index contributed by atoms with van der Waals surface area (Å²) in [6.07, 6.45) is 0. The molecule has 2 atom stereocenters. The zero-order valence-electron chi connectivity index (χ0n) is 10.4. The fourth-order valence-electron chi connectivity index (χ4n) is 2.83. The Morgan fingerprint density at radius 3 is 3.00 bits per heavy atom. The van der Waals surface area contributed by atoms with Gasteiger partial charge in [-0.3, -0.25) is 0 Å². The molecule has 0 bridgehead atoms. The van der Waals surface area contributed by atoms with E-state index >= 15 is 0 Å². The summed E-state index contributed by atoms with van der Waals surface area (Å²) >= 11 is 3.84. The lowest BCUT2D eigenvalue weighted by Crippen LogP contribution is -2.22. The normalized spacial score (nSPS) is 24.9. The number of rotatable bonds is 1. The average molecular weight is 286 g/mol. The molecule has 1 N–H and O–H groups in total. The van der Waals surface area contributed by atoms with E-state index in [-0.39, 0.29) is 0 Å². The molecule has 2 nitrogen and oxygen atoms in total. The molecular weight excluding hydrogens is 272 g/mol. The van der Waals surface area contributed by atoms with E-state index in [9.17, 15) is 0 Å². The number of hydrogen-bond acceptors (Lipinski definition) is 4. The van der Waals surface area contributed by atoms with Crippen LogP contribution in [0.5, 0.6) is 0 Å². The van der Waals surface area contributed by atoms with Crippen molar-refractivity contribution in [3.63, 3.8) is 0 Å². The summed E-state index contributed by atoms with van der Waals surface area (Å²) in [5.74, 6) is 2.73. The van der Waals surface area contributed by atoms with Crippen LogP contribution in [0.2, 0.25) is 0 Å². The third-order valence-electron chi connectivity index (χ3n) is 3.78. The van der Waals surface area contributed by atoms with Gasteiger partial charge in [0.1, 0.15) is 0 Å². The van der Waals surface area contributed by atoms with Crippen LogP contribution in [0, 0.1) is 5.92 Å². The summed E-state index contributed by atoms with van der Waals surface area (Å²) in [4.78, 5) is 1.39. The van der Waals surface area contributed by atoms with Gasteiger partial charge >= 0.3 is 0 Å². The molecule has 2 aliphatic heterocycles. The Hall–Kier alpha value is -1.26. The average Bonchev–Trinajstić information content (AvgIpc) is 3.05. The maximum Gasteiger partial charge on any atom is 0.0874 e. The molecule has 1 aromatic carbocycles. The maximum absolute atomic E-state index is 4.66. The molecule has 0 fully saturated rings. The van der Waals surface area contributed by atoms with Crippen LogP contribution in [0.1, 0.15) is 22.0 Å². The van der Waals surface area contributed by atoms with Gasteiger partial charge in [-0.1, -0.05) is 30.3 Å². The highest BCUT2D eigenvalue weighted by Gasteiger charge is 2.36. The zero-order valence-corrected chi connectivity index (χ0v) is 12.0. The second kappa shape index (κ2) is 4.69. The Kier molecular flexibility index (Phi) is 2.85. The lowest BCUT2D eigenvalue weighted by molar-refractivity contribution is 0.539. The van der Waals surface area contributed by atoms with Gasteiger partial charge in [0.2, 0.25) is 0 Å². The van der Waals surface area contributed by atoms with E-state index in [1.54, 1.807) is 0 Å². The first kappa shape index (κ1) is 11.6. The number of thioether (sulfide) groups is 1. The van der Waals surface area contributed by atoms with Crippen LogP contribution in [-0.4, -0.2) is 11.5 Å². The molecule has 0 spiro atoms. The predicted octanol–water partition coefficient (Wildman–Crippen LogP) is 3.66. The van der Waals surface area contributed by atoms with Crippen LogP contribution in [0.15, 0.2) is 46.9 Å². The van der Waals surface area contributed by atoms with Gasteiger partial charge in [-0.2, -0.15) is 16.9 Å². The van der Waals surface area contributed by atoms with Gasteiger partial charge in [-0.05, 0) is 17.0 Å². The number of hydrogen-bond donors (Lipinski definition) is 1. The van der Waals surface area contributed by atoms with Crippen LogP contribution >= 0.6 is 23.1 Å². The van der Waals surface area contributed by atoms with Crippen molar-refractivity contribution < 1.29 is 0 Å². The number of fused-ring (bicyclic) bond motifs is 3. The minimum absolute atomic E-state index is 0.355. The Morgan fingerprint density at radius 1 is 1.16 bits per heavy atom. The lowest BCUT2D eigenvalue weighted by Gasteiger charge is -2.17. The molecule has 96 valence electrons. The molecule has 4 heteroatoms. The molecule has 0 unspecified atom stereocenters. The molecule has 1 aromatic heterocycles. The quantitative estimate of drug-likeness (QED) is 0.865. The number of thiophene rings is 1. The molecule has 0 radical (unpaired) electrons. The van der Waals surface area contributed by atoms with Gasteiger partial charge < -0.3 is 5.43 Å². The lowest BCUT2D eigenvalue weighted by atomic mass is 9.90. The van der Waals surface area contributed by atoms with Gasteiger partial charge in [0, 0.05) is 27.9 Å². The van der Waals surface area contributed by atoms with Gasteiger partial charge in [0.25, 0.3) is 0 Å². The summed E-state index contributed by atoms with van der Waals surface area (Å²) in [5.41, 5.74) is 7.36. The standard InChI is InChI=1S/C15H14N2S2/c1-2-5-11-10(4-1)8-18-9-12-14(11)16-17-15(12)13-6-3-7-19-13/h1-7,12,15,17H,8-9H2/t12-,15-/m1/s1. The van der Waals surface area contributed by atoms with E-state index in [4.69, 9.17) is 0 Å². The molecule has 4 rings (SSSR count). The van der Waals surface area contributed by atoms with Crippen LogP contribution < -0.4 is 5.43 Å². The largest absolute Gasteiger partial charge is 0.301 e. The maximum atomic E-state index is 4.66. The summed E-state index contributed by atoms with van der Waals surface area (Å²) in [6, 6.07) is 13.4. The molecule has 19 heavy (non-hydrogen) atoms. The summed E-state index contributed by atoms with van der Waals surface area (Å²) in [5, 5.41) is 6.80. The topological polar surface area (TPSA) is 24.4 Å². The number of hydrazone groups is 1. The molecule has 0 saturated carbocycles. The van der Waals surface area contributed by atoms with E-state index in [0.717, 1.165) is 11.5 Å². The highest BCUT2D eigenvalue weighted by Crippen LogP contribution is 2.38. The second-order valence-corrected chi connectivity index (χ2v) is 6.91. The Balaban J connectivity index is 1.75. The van der Waals surface area contributed by atoms with Crippen molar-refractivity contribution in [2.45, 2.75) is 11.8 Å². The third kappa shape index (κ3) is 1.90. The molecule has 0 saturated heterocycles. The first-order chi connectivity index (χ1) is 9.43. The van der Waals surface area contributed by atoms with Crippen molar-refractivity contribution >= 4 is 28.8 Å². The predicted molar refractivity (Wildman–Crippen MR) is 82.8 cm³/mol. The van der Waals surface area contributed by atoms with Crippen LogP contribution in [0.25, 0.3) is 0 Å². The van der Waals surface area contributed by atoms with Crippen LogP contribution in [-0.2, 0) is 5.75 Å². The third-order valence-corrected chi connectivity index (χ3v) is 5.84. The van der Waals surface area contributed by atoms with E-state index in [1.807, 2.05) is 23.1 Å². The van der Waals surface area contributed by atoms with Gasteiger partial charge in [-0.15, -0.1) is 11.3 Å². The molecule has 0 amide bonds. The Bertz CT molecular complexity index is 619. The fourth-order valence-corrected chi connectivity index (χ4v) is 4.86. The monoisotopic (exact) mass is 286 g/mol. The highest BCUT2D eigenvalue weighted by molar-refractivity contribution is 7.98. The van der Waals surface area contributed by atoms with E-state index in [1.165, 1.54) is 21.7 Å². The number of benzene rings is 1. The number of nitrogens with one attached hydrogen (secondary N) is 1. The number of nitrogens with zero attached hydrogens (tertiary/aromatic N) is 1. The second-order valence-electron chi connectivity index (χ2n) is 4.90.